The van der Waals surface area contributed by atoms with Crippen molar-refractivity contribution in [3.8, 4) is 6.07 Å². The van der Waals surface area contributed by atoms with E-state index in [1.165, 1.54) is 11.8 Å². The number of thioether (sulfide) groups is 1. The van der Waals surface area contributed by atoms with Gasteiger partial charge in [-0.1, -0.05) is 19.3 Å². The highest BCUT2D eigenvalue weighted by molar-refractivity contribution is 8.00. The number of nitriles is 1. The molecule has 0 radical (unpaired) electrons. The molecule has 0 aromatic heterocycles. The van der Waals surface area contributed by atoms with E-state index in [1.807, 2.05) is 0 Å². The molecule has 1 amide bonds. The Morgan fingerprint density at radius 3 is 2.58 bits per heavy atom. The third-order valence-corrected chi connectivity index (χ3v) is 3.96. The molecular weight excluding hydrogens is 264 g/mol. The standard InChI is InChI=1S/C13H20N2O3S/c1-2-18-12(17)9-19-8-11(16)15-13(10-14)6-4-3-5-7-13/h2-9H2,1H3,(H,15,16). The maximum absolute atomic E-state index is 11.8. The quantitative estimate of drug-likeness (QED) is 0.750. The first-order valence-electron chi connectivity index (χ1n) is 6.57. The Bertz CT molecular complexity index is 359. The Morgan fingerprint density at radius 1 is 1.32 bits per heavy atom. The summed E-state index contributed by atoms with van der Waals surface area (Å²) < 4.78 is 4.77. The van der Waals surface area contributed by atoms with Crippen LogP contribution in [0.4, 0.5) is 0 Å². The van der Waals surface area contributed by atoms with Gasteiger partial charge < -0.3 is 10.1 Å². The van der Waals surface area contributed by atoms with Crippen molar-refractivity contribution in [1.29, 1.82) is 5.26 Å². The van der Waals surface area contributed by atoms with E-state index in [0.29, 0.717) is 6.61 Å². The van der Waals surface area contributed by atoms with E-state index in [2.05, 4.69) is 11.4 Å². The molecule has 0 heterocycles. The van der Waals surface area contributed by atoms with Crippen molar-refractivity contribution >= 4 is 23.6 Å². The molecule has 1 aliphatic carbocycles. The summed E-state index contributed by atoms with van der Waals surface area (Å²) in [5, 5.41) is 12.0. The van der Waals surface area contributed by atoms with Gasteiger partial charge in [-0.15, -0.1) is 11.8 Å². The minimum absolute atomic E-state index is 0.167. The zero-order valence-corrected chi connectivity index (χ0v) is 12.1. The van der Waals surface area contributed by atoms with E-state index in [0.717, 1.165) is 32.1 Å². The average Bonchev–Trinajstić information content (AvgIpc) is 2.40. The predicted molar refractivity (Wildman–Crippen MR) is 73.5 cm³/mol. The zero-order chi connectivity index (χ0) is 14.1. The fourth-order valence-electron chi connectivity index (χ4n) is 2.15. The van der Waals surface area contributed by atoms with E-state index >= 15 is 0 Å². The van der Waals surface area contributed by atoms with Gasteiger partial charge in [0.1, 0.15) is 5.54 Å². The Balaban J connectivity index is 2.30. The van der Waals surface area contributed by atoms with Gasteiger partial charge in [-0.2, -0.15) is 5.26 Å². The van der Waals surface area contributed by atoms with Gasteiger partial charge in [0.2, 0.25) is 5.91 Å². The molecule has 0 atom stereocenters. The number of rotatable bonds is 6. The van der Waals surface area contributed by atoms with Crippen LogP contribution in [0.1, 0.15) is 39.0 Å². The lowest BCUT2D eigenvalue weighted by molar-refractivity contribution is -0.139. The van der Waals surface area contributed by atoms with E-state index in [-0.39, 0.29) is 23.4 Å². The number of esters is 1. The molecule has 0 saturated heterocycles. The lowest BCUT2D eigenvalue weighted by atomic mass is 9.83. The second-order valence-corrected chi connectivity index (χ2v) is 5.59. The predicted octanol–water partition coefficient (Wildman–Crippen LogP) is 1.63. The molecule has 1 saturated carbocycles. The third-order valence-electron chi connectivity index (χ3n) is 3.06. The number of nitrogens with zero attached hydrogens (tertiary/aromatic N) is 1. The third kappa shape index (κ3) is 5.52. The van der Waals surface area contributed by atoms with Crippen molar-refractivity contribution < 1.29 is 14.3 Å². The summed E-state index contributed by atoms with van der Waals surface area (Å²) in [6.45, 7) is 2.10. The summed E-state index contributed by atoms with van der Waals surface area (Å²) in [6, 6.07) is 2.23. The average molecular weight is 284 g/mol. The summed E-state index contributed by atoms with van der Waals surface area (Å²) in [6.07, 6.45) is 4.51. The lowest BCUT2D eigenvalue weighted by Gasteiger charge is -2.31. The van der Waals surface area contributed by atoms with Crippen LogP contribution in [0.2, 0.25) is 0 Å². The van der Waals surface area contributed by atoms with Crippen molar-refractivity contribution in [2.24, 2.45) is 0 Å². The smallest absolute Gasteiger partial charge is 0.315 e. The van der Waals surface area contributed by atoms with Crippen LogP contribution in [0.5, 0.6) is 0 Å². The summed E-state index contributed by atoms with van der Waals surface area (Å²) >= 11 is 1.21. The largest absolute Gasteiger partial charge is 0.465 e. The normalized spacial score (nSPS) is 17.3. The first kappa shape index (κ1) is 15.8. The highest BCUT2D eigenvalue weighted by Gasteiger charge is 2.33. The van der Waals surface area contributed by atoms with Crippen LogP contribution < -0.4 is 5.32 Å². The Labute approximate surface area is 118 Å². The number of carbonyl (C=O) groups excluding carboxylic acids is 2. The topological polar surface area (TPSA) is 79.2 Å². The van der Waals surface area contributed by atoms with Crippen LogP contribution in [0, 0.1) is 11.3 Å². The minimum Gasteiger partial charge on any atom is -0.465 e. The first-order chi connectivity index (χ1) is 9.12. The fourth-order valence-corrected chi connectivity index (χ4v) is 2.76. The number of hydrogen-bond acceptors (Lipinski definition) is 5. The van der Waals surface area contributed by atoms with Gasteiger partial charge in [-0.05, 0) is 19.8 Å². The van der Waals surface area contributed by atoms with Crippen molar-refractivity contribution in [1.82, 2.24) is 5.32 Å². The van der Waals surface area contributed by atoms with Gasteiger partial charge in [-0.3, -0.25) is 9.59 Å². The van der Waals surface area contributed by atoms with E-state index in [1.54, 1.807) is 6.92 Å². The molecule has 1 fully saturated rings. The molecule has 0 unspecified atom stereocenters. The molecule has 0 spiro atoms. The zero-order valence-electron chi connectivity index (χ0n) is 11.2. The van der Waals surface area contributed by atoms with Crippen molar-refractivity contribution in [3.05, 3.63) is 0 Å². The molecule has 1 N–H and O–H groups in total. The number of ether oxygens (including phenoxy) is 1. The summed E-state index contributed by atoms with van der Waals surface area (Å²) in [4.78, 5) is 22.9. The lowest BCUT2D eigenvalue weighted by Crippen LogP contribution is -2.49. The highest BCUT2D eigenvalue weighted by Crippen LogP contribution is 2.27. The monoisotopic (exact) mass is 284 g/mol. The van der Waals surface area contributed by atoms with Gasteiger partial charge in [0.25, 0.3) is 0 Å². The van der Waals surface area contributed by atoms with Gasteiger partial charge in [0.15, 0.2) is 0 Å². The fraction of sp³-hybridized carbons (Fsp3) is 0.769. The van der Waals surface area contributed by atoms with Crippen LogP contribution in [-0.4, -0.2) is 35.5 Å². The summed E-state index contributed by atoms with van der Waals surface area (Å²) in [5.41, 5.74) is -0.695. The molecule has 0 aliphatic heterocycles. The van der Waals surface area contributed by atoms with E-state index in [9.17, 15) is 14.9 Å². The highest BCUT2D eigenvalue weighted by atomic mass is 32.2. The minimum atomic E-state index is -0.695. The molecule has 0 bridgehead atoms. The molecule has 1 rings (SSSR count). The van der Waals surface area contributed by atoms with E-state index < -0.39 is 5.54 Å². The second kappa shape index (κ2) is 8.05. The number of hydrogen-bond donors (Lipinski definition) is 1. The van der Waals surface area contributed by atoms with Crippen LogP contribution >= 0.6 is 11.8 Å². The molecule has 0 aromatic rings. The maximum atomic E-state index is 11.8. The Kier molecular flexibility index (Phi) is 6.71. The van der Waals surface area contributed by atoms with Gasteiger partial charge in [0, 0.05) is 0 Å². The van der Waals surface area contributed by atoms with E-state index in [4.69, 9.17) is 4.74 Å². The number of carbonyl (C=O) groups is 2. The van der Waals surface area contributed by atoms with Crippen LogP contribution in [0.15, 0.2) is 0 Å². The van der Waals surface area contributed by atoms with Crippen molar-refractivity contribution in [3.63, 3.8) is 0 Å². The molecule has 0 aromatic carbocycles. The molecule has 6 heteroatoms. The maximum Gasteiger partial charge on any atom is 0.315 e. The van der Waals surface area contributed by atoms with Gasteiger partial charge in [-0.25, -0.2) is 0 Å². The Morgan fingerprint density at radius 2 is 2.00 bits per heavy atom. The summed E-state index contributed by atoms with van der Waals surface area (Å²) in [5.74, 6) is -0.144. The van der Waals surface area contributed by atoms with Crippen molar-refractivity contribution in [2.75, 3.05) is 18.1 Å². The first-order valence-corrected chi connectivity index (χ1v) is 7.73. The second-order valence-electron chi connectivity index (χ2n) is 4.60. The van der Waals surface area contributed by atoms with Crippen LogP contribution in [0.25, 0.3) is 0 Å². The number of amides is 1. The Hall–Kier alpha value is -1.22. The van der Waals surface area contributed by atoms with Crippen LogP contribution in [0.3, 0.4) is 0 Å². The summed E-state index contributed by atoms with van der Waals surface area (Å²) in [7, 11) is 0. The molecule has 1 aliphatic rings. The molecule has 106 valence electrons. The van der Waals surface area contributed by atoms with Crippen molar-refractivity contribution in [2.45, 2.75) is 44.6 Å². The number of nitrogens with one attached hydrogen (secondary N) is 1. The molecular formula is C13H20N2O3S. The van der Waals surface area contributed by atoms with Gasteiger partial charge in [0.05, 0.1) is 24.2 Å². The molecule has 5 nitrogen and oxygen atoms in total. The SMILES string of the molecule is CCOC(=O)CSCC(=O)NC1(C#N)CCCCC1. The van der Waals surface area contributed by atoms with Gasteiger partial charge >= 0.3 is 5.97 Å². The molecule has 19 heavy (non-hydrogen) atoms. The van der Waals surface area contributed by atoms with Crippen LogP contribution in [-0.2, 0) is 14.3 Å².